The molecule has 0 fully saturated rings. The van der Waals surface area contributed by atoms with Crippen molar-refractivity contribution < 1.29 is 4.42 Å². The standard InChI is InChI=1S/C49H29N3O/c1-2-11-32(12-3-1)47-50-48(52-49(51-47)35-21-20-31-23-26-39-36-14-5-4-10-30(36)22-27-40(39)43(31)29-35)34-24-25-37-33(28-34)13-8-16-38(37)41-17-9-19-45-46(41)42-15-6-7-18-44(42)53-45/h1-29H. The van der Waals surface area contributed by atoms with E-state index in [1.807, 2.05) is 36.4 Å². The molecule has 0 aliphatic carbocycles. The lowest BCUT2D eigenvalue weighted by atomic mass is 9.94. The van der Waals surface area contributed by atoms with Crippen molar-refractivity contribution in [2.24, 2.45) is 0 Å². The van der Waals surface area contributed by atoms with Crippen molar-refractivity contribution in [1.82, 2.24) is 15.0 Å². The van der Waals surface area contributed by atoms with E-state index in [1.54, 1.807) is 0 Å². The molecule has 0 saturated carbocycles. The smallest absolute Gasteiger partial charge is 0.164 e. The number of furan rings is 1. The van der Waals surface area contributed by atoms with Gasteiger partial charge in [0.1, 0.15) is 11.2 Å². The number of hydrogen-bond acceptors (Lipinski definition) is 4. The normalized spacial score (nSPS) is 11.8. The van der Waals surface area contributed by atoms with Crippen LogP contribution in [0.25, 0.3) is 110 Å². The van der Waals surface area contributed by atoms with Gasteiger partial charge >= 0.3 is 0 Å². The van der Waals surface area contributed by atoms with Gasteiger partial charge < -0.3 is 4.42 Å². The predicted molar refractivity (Wildman–Crippen MR) is 219 cm³/mol. The maximum absolute atomic E-state index is 6.24. The molecule has 0 bridgehead atoms. The molecule has 0 radical (unpaired) electrons. The van der Waals surface area contributed by atoms with Crippen LogP contribution >= 0.6 is 0 Å². The van der Waals surface area contributed by atoms with Crippen LogP contribution in [0.15, 0.2) is 180 Å². The van der Waals surface area contributed by atoms with Crippen LogP contribution < -0.4 is 0 Å². The molecule has 0 aliphatic heterocycles. The highest BCUT2D eigenvalue weighted by atomic mass is 16.3. The zero-order chi connectivity index (χ0) is 34.9. The Hall–Kier alpha value is -7.17. The van der Waals surface area contributed by atoms with Crippen molar-refractivity contribution in [3.8, 4) is 45.3 Å². The molecule has 0 spiro atoms. The first kappa shape index (κ1) is 29.5. The minimum Gasteiger partial charge on any atom is -0.456 e. The van der Waals surface area contributed by atoms with Crippen LogP contribution in [0.2, 0.25) is 0 Å². The third-order valence-corrected chi connectivity index (χ3v) is 10.5. The summed E-state index contributed by atoms with van der Waals surface area (Å²) >= 11 is 0. The van der Waals surface area contributed by atoms with E-state index in [0.29, 0.717) is 17.5 Å². The van der Waals surface area contributed by atoms with Crippen LogP contribution in [0.4, 0.5) is 0 Å². The summed E-state index contributed by atoms with van der Waals surface area (Å²) in [7, 11) is 0. The topological polar surface area (TPSA) is 51.8 Å². The summed E-state index contributed by atoms with van der Waals surface area (Å²) < 4.78 is 6.24. The first-order valence-electron chi connectivity index (χ1n) is 17.9. The quantitative estimate of drug-likeness (QED) is 0.174. The zero-order valence-corrected chi connectivity index (χ0v) is 28.5. The first-order valence-corrected chi connectivity index (χ1v) is 17.9. The van der Waals surface area contributed by atoms with Gasteiger partial charge in [-0.15, -0.1) is 0 Å². The SMILES string of the molecule is c1ccc(-c2nc(-c3ccc4c(-c5cccc6oc7ccccc7c56)cccc4c3)nc(-c3ccc4ccc5c6ccccc6ccc5c4c3)n2)cc1. The van der Waals surface area contributed by atoms with Crippen LogP contribution in [-0.4, -0.2) is 15.0 Å². The third-order valence-electron chi connectivity index (χ3n) is 10.5. The van der Waals surface area contributed by atoms with Gasteiger partial charge in [0.15, 0.2) is 17.5 Å². The highest BCUT2D eigenvalue weighted by Crippen LogP contribution is 2.40. The minimum absolute atomic E-state index is 0.632. The van der Waals surface area contributed by atoms with Gasteiger partial charge in [-0.1, -0.05) is 152 Å². The molecule has 0 aliphatic rings. The molecule has 0 N–H and O–H groups in total. The van der Waals surface area contributed by atoms with Crippen LogP contribution in [0.5, 0.6) is 0 Å². The van der Waals surface area contributed by atoms with E-state index >= 15 is 0 Å². The zero-order valence-electron chi connectivity index (χ0n) is 28.5. The largest absolute Gasteiger partial charge is 0.456 e. The van der Waals surface area contributed by atoms with E-state index in [2.05, 4.69) is 140 Å². The summed E-state index contributed by atoms with van der Waals surface area (Å²) in [4.78, 5) is 15.3. The van der Waals surface area contributed by atoms with E-state index in [0.717, 1.165) is 60.5 Å². The highest BCUT2D eigenvalue weighted by Gasteiger charge is 2.17. The Morgan fingerprint density at radius 3 is 1.72 bits per heavy atom. The summed E-state index contributed by atoms with van der Waals surface area (Å²) in [6.45, 7) is 0. The van der Waals surface area contributed by atoms with Crippen molar-refractivity contribution in [3.63, 3.8) is 0 Å². The number of aromatic nitrogens is 3. The summed E-state index contributed by atoms with van der Waals surface area (Å²) in [5, 5.41) is 11.8. The number of rotatable bonds is 4. The van der Waals surface area contributed by atoms with Crippen molar-refractivity contribution in [3.05, 3.63) is 176 Å². The molecular weight excluding hydrogens is 647 g/mol. The maximum atomic E-state index is 6.24. The number of fused-ring (bicyclic) bond motifs is 9. The molecule has 2 aromatic heterocycles. The Bertz CT molecular complexity index is 3240. The number of benzene rings is 9. The van der Waals surface area contributed by atoms with Gasteiger partial charge in [-0.05, 0) is 78.5 Å². The fourth-order valence-electron chi connectivity index (χ4n) is 7.96. The molecule has 0 saturated heterocycles. The number of para-hydroxylation sites is 1. The molecule has 246 valence electrons. The molecule has 0 amide bonds. The van der Waals surface area contributed by atoms with Gasteiger partial charge in [-0.3, -0.25) is 0 Å². The van der Waals surface area contributed by atoms with Crippen LogP contribution in [0.3, 0.4) is 0 Å². The summed E-state index contributed by atoms with van der Waals surface area (Å²) in [5.41, 5.74) is 6.91. The van der Waals surface area contributed by atoms with Gasteiger partial charge in [0, 0.05) is 27.5 Å². The Morgan fingerprint density at radius 1 is 0.302 bits per heavy atom. The molecular formula is C49H29N3O. The molecule has 53 heavy (non-hydrogen) atoms. The second-order valence-electron chi connectivity index (χ2n) is 13.6. The van der Waals surface area contributed by atoms with E-state index < -0.39 is 0 Å². The van der Waals surface area contributed by atoms with Crippen LogP contribution in [0, 0.1) is 0 Å². The van der Waals surface area contributed by atoms with E-state index in [9.17, 15) is 0 Å². The molecule has 9 aromatic carbocycles. The average Bonchev–Trinajstić information content (AvgIpc) is 3.62. The van der Waals surface area contributed by atoms with Crippen molar-refractivity contribution in [2.45, 2.75) is 0 Å². The molecule has 0 unspecified atom stereocenters. The van der Waals surface area contributed by atoms with Gasteiger partial charge in [0.05, 0.1) is 0 Å². The monoisotopic (exact) mass is 675 g/mol. The first-order chi connectivity index (χ1) is 26.2. The Morgan fingerprint density at radius 2 is 0.868 bits per heavy atom. The maximum Gasteiger partial charge on any atom is 0.164 e. The minimum atomic E-state index is 0.632. The lowest BCUT2D eigenvalue weighted by Crippen LogP contribution is -2.00. The fraction of sp³-hybridized carbons (Fsp3) is 0. The Kier molecular flexibility index (Phi) is 6.52. The second-order valence-corrected chi connectivity index (χ2v) is 13.6. The van der Waals surface area contributed by atoms with Gasteiger partial charge in [-0.25, -0.2) is 15.0 Å². The Labute approximate surface area is 304 Å². The predicted octanol–water partition coefficient (Wildman–Crippen LogP) is 13.1. The molecule has 4 heteroatoms. The van der Waals surface area contributed by atoms with Crippen LogP contribution in [-0.2, 0) is 0 Å². The molecule has 2 heterocycles. The van der Waals surface area contributed by atoms with E-state index in [-0.39, 0.29) is 0 Å². The number of nitrogens with zero attached hydrogens (tertiary/aromatic N) is 3. The summed E-state index contributed by atoms with van der Waals surface area (Å²) in [5.74, 6) is 1.91. The second kappa shape index (κ2) is 11.7. The van der Waals surface area contributed by atoms with Crippen molar-refractivity contribution >= 4 is 65.0 Å². The van der Waals surface area contributed by atoms with Crippen molar-refractivity contribution in [1.29, 1.82) is 0 Å². The van der Waals surface area contributed by atoms with Gasteiger partial charge in [-0.2, -0.15) is 0 Å². The molecule has 4 nitrogen and oxygen atoms in total. The van der Waals surface area contributed by atoms with Gasteiger partial charge in [0.2, 0.25) is 0 Å². The lowest BCUT2D eigenvalue weighted by molar-refractivity contribution is 0.669. The summed E-state index contributed by atoms with van der Waals surface area (Å²) in [6, 6.07) is 61.7. The molecule has 0 atom stereocenters. The number of hydrogen-bond donors (Lipinski definition) is 0. The van der Waals surface area contributed by atoms with Gasteiger partial charge in [0.25, 0.3) is 0 Å². The van der Waals surface area contributed by atoms with E-state index in [4.69, 9.17) is 19.4 Å². The van der Waals surface area contributed by atoms with E-state index in [1.165, 1.54) is 32.3 Å². The average molecular weight is 676 g/mol. The fourth-order valence-corrected chi connectivity index (χ4v) is 7.96. The third kappa shape index (κ3) is 4.80. The molecule has 11 aromatic rings. The summed E-state index contributed by atoms with van der Waals surface area (Å²) in [6.07, 6.45) is 0. The lowest BCUT2D eigenvalue weighted by Gasteiger charge is -2.12. The molecule has 11 rings (SSSR count). The van der Waals surface area contributed by atoms with Crippen LogP contribution in [0.1, 0.15) is 0 Å². The van der Waals surface area contributed by atoms with Crippen molar-refractivity contribution in [2.75, 3.05) is 0 Å². The Balaban J connectivity index is 1.08. The highest BCUT2D eigenvalue weighted by molar-refractivity contribution is 6.18.